The van der Waals surface area contributed by atoms with Gasteiger partial charge in [-0.2, -0.15) is 5.06 Å². The molecule has 0 radical (unpaired) electrons. The second-order valence-corrected chi connectivity index (χ2v) is 3.49. The van der Waals surface area contributed by atoms with E-state index in [4.69, 9.17) is 4.84 Å². The number of hydrogen-bond acceptors (Lipinski definition) is 3. The Bertz CT molecular complexity index is 388. The Balaban J connectivity index is 2.13. The fourth-order valence-electron chi connectivity index (χ4n) is 1.58. The lowest BCUT2D eigenvalue weighted by Gasteiger charge is -2.04. The Morgan fingerprint density at radius 1 is 1.27 bits per heavy atom. The van der Waals surface area contributed by atoms with Gasteiger partial charge in [0.1, 0.15) is 5.92 Å². The fraction of sp³-hybridized carbons (Fsp3) is 0.273. The second-order valence-electron chi connectivity index (χ2n) is 3.49. The molecule has 0 bridgehead atoms. The summed E-state index contributed by atoms with van der Waals surface area (Å²) in [6.45, 7) is 0. The number of rotatable bonds is 2. The van der Waals surface area contributed by atoms with Crippen molar-refractivity contribution >= 4 is 11.9 Å². The van der Waals surface area contributed by atoms with Crippen molar-refractivity contribution in [3.63, 3.8) is 0 Å². The minimum absolute atomic E-state index is 0.274. The van der Waals surface area contributed by atoms with E-state index in [0.29, 0.717) is 6.42 Å². The Morgan fingerprint density at radius 2 is 1.93 bits per heavy atom. The summed E-state index contributed by atoms with van der Waals surface area (Å²) in [5.41, 5.74) is 0.961. The van der Waals surface area contributed by atoms with Gasteiger partial charge in [-0.1, -0.05) is 30.3 Å². The van der Waals surface area contributed by atoms with Gasteiger partial charge in [0.05, 0.1) is 0 Å². The summed E-state index contributed by atoms with van der Waals surface area (Å²) < 4.78 is 0. The molecule has 1 saturated heterocycles. The highest BCUT2D eigenvalue weighted by molar-refractivity contribution is 6.01. The summed E-state index contributed by atoms with van der Waals surface area (Å²) in [6, 6.07) is 9.43. The monoisotopic (exact) mass is 205 g/mol. The summed E-state index contributed by atoms with van der Waals surface area (Å²) in [6.07, 6.45) is 0.406. The lowest BCUT2D eigenvalue weighted by atomic mass is 9.99. The van der Waals surface area contributed by atoms with E-state index in [1.807, 2.05) is 30.3 Å². The average Bonchev–Trinajstić information content (AvgIpc) is 2.47. The molecule has 0 N–H and O–H groups in total. The molecule has 1 aliphatic rings. The SMILES string of the molecule is CN1OC(=O)C(Cc2ccccc2)C1=O. The minimum atomic E-state index is -0.683. The quantitative estimate of drug-likeness (QED) is 0.670. The van der Waals surface area contributed by atoms with Crippen LogP contribution in [0.15, 0.2) is 30.3 Å². The maximum Gasteiger partial charge on any atom is 0.345 e. The van der Waals surface area contributed by atoms with Crippen LogP contribution in [0.25, 0.3) is 0 Å². The molecule has 4 nitrogen and oxygen atoms in total. The molecule has 1 aliphatic heterocycles. The normalized spacial score (nSPS) is 20.6. The zero-order chi connectivity index (χ0) is 10.8. The summed E-state index contributed by atoms with van der Waals surface area (Å²) in [4.78, 5) is 27.5. The Morgan fingerprint density at radius 3 is 2.47 bits per heavy atom. The first-order valence-corrected chi connectivity index (χ1v) is 4.72. The maximum absolute atomic E-state index is 11.5. The van der Waals surface area contributed by atoms with E-state index < -0.39 is 11.9 Å². The molecule has 1 unspecified atom stereocenters. The fourth-order valence-corrected chi connectivity index (χ4v) is 1.58. The van der Waals surface area contributed by atoms with Crippen molar-refractivity contribution in [2.75, 3.05) is 7.05 Å². The van der Waals surface area contributed by atoms with Crippen molar-refractivity contribution < 1.29 is 14.4 Å². The molecule has 4 heteroatoms. The van der Waals surface area contributed by atoms with E-state index in [0.717, 1.165) is 10.6 Å². The van der Waals surface area contributed by atoms with E-state index >= 15 is 0 Å². The van der Waals surface area contributed by atoms with E-state index in [-0.39, 0.29) is 5.91 Å². The summed E-state index contributed by atoms with van der Waals surface area (Å²) in [7, 11) is 1.45. The van der Waals surface area contributed by atoms with Crippen LogP contribution in [0.1, 0.15) is 5.56 Å². The van der Waals surface area contributed by atoms with Crippen molar-refractivity contribution in [1.29, 1.82) is 0 Å². The first kappa shape index (κ1) is 9.71. The Kier molecular flexibility index (Phi) is 2.41. The van der Waals surface area contributed by atoms with Crippen LogP contribution < -0.4 is 0 Å². The van der Waals surface area contributed by atoms with Gasteiger partial charge in [0, 0.05) is 7.05 Å². The van der Waals surface area contributed by atoms with Gasteiger partial charge in [-0.05, 0) is 12.0 Å². The lowest BCUT2D eigenvalue weighted by molar-refractivity contribution is -0.172. The summed E-state index contributed by atoms with van der Waals surface area (Å²) in [5, 5.41) is 0.996. The standard InChI is InChI=1S/C11H11NO3/c1-12-10(13)9(11(14)15-12)7-8-5-3-2-4-6-8/h2-6,9H,7H2,1H3. The van der Waals surface area contributed by atoms with Crippen LogP contribution in [-0.2, 0) is 20.8 Å². The molecule has 0 saturated carbocycles. The third kappa shape index (κ3) is 1.83. The Labute approximate surface area is 87.4 Å². The first-order chi connectivity index (χ1) is 7.18. The number of nitrogens with zero attached hydrogens (tertiary/aromatic N) is 1. The van der Waals surface area contributed by atoms with Crippen LogP contribution in [0.4, 0.5) is 0 Å². The van der Waals surface area contributed by atoms with E-state index in [1.54, 1.807) is 0 Å². The first-order valence-electron chi connectivity index (χ1n) is 4.72. The molecule has 1 fully saturated rings. The molecule has 1 aromatic carbocycles. The predicted octanol–water partition coefficient (Wildman–Crippen LogP) is 0.775. The molecule has 1 heterocycles. The second kappa shape index (κ2) is 3.73. The van der Waals surface area contributed by atoms with Crippen molar-refractivity contribution in [2.24, 2.45) is 5.92 Å². The lowest BCUT2D eigenvalue weighted by Crippen LogP contribution is -2.23. The number of hydroxylamine groups is 2. The molecule has 0 aromatic heterocycles. The third-order valence-electron chi connectivity index (χ3n) is 2.40. The van der Waals surface area contributed by atoms with Gasteiger partial charge < -0.3 is 4.84 Å². The molecular formula is C11H11NO3. The molecule has 1 aromatic rings. The van der Waals surface area contributed by atoms with Gasteiger partial charge in [0.15, 0.2) is 0 Å². The van der Waals surface area contributed by atoms with Crippen LogP contribution in [0.5, 0.6) is 0 Å². The average molecular weight is 205 g/mol. The molecule has 1 amide bonds. The van der Waals surface area contributed by atoms with Gasteiger partial charge >= 0.3 is 5.97 Å². The topological polar surface area (TPSA) is 46.6 Å². The van der Waals surface area contributed by atoms with Crippen LogP contribution >= 0.6 is 0 Å². The molecule has 0 spiro atoms. The number of carbonyl (C=O) groups excluding carboxylic acids is 2. The molecule has 2 rings (SSSR count). The number of hydrogen-bond donors (Lipinski definition) is 0. The number of benzene rings is 1. The molecular weight excluding hydrogens is 194 g/mol. The highest BCUT2D eigenvalue weighted by Gasteiger charge is 2.39. The molecule has 15 heavy (non-hydrogen) atoms. The van der Waals surface area contributed by atoms with E-state index in [9.17, 15) is 9.59 Å². The van der Waals surface area contributed by atoms with Gasteiger partial charge in [-0.15, -0.1) is 0 Å². The molecule has 0 aliphatic carbocycles. The largest absolute Gasteiger partial charge is 0.345 e. The van der Waals surface area contributed by atoms with Gasteiger partial charge in [0.25, 0.3) is 5.91 Å². The van der Waals surface area contributed by atoms with Crippen molar-refractivity contribution in [2.45, 2.75) is 6.42 Å². The van der Waals surface area contributed by atoms with Gasteiger partial charge in [0.2, 0.25) is 0 Å². The summed E-state index contributed by atoms with van der Waals surface area (Å²) >= 11 is 0. The predicted molar refractivity (Wildman–Crippen MR) is 52.5 cm³/mol. The van der Waals surface area contributed by atoms with E-state index in [1.165, 1.54) is 7.05 Å². The molecule has 78 valence electrons. The van der Waals surface area contributed by atoms with Crippen LogP contribution in [-0.4, -0.2) is 24.0 Å². The van der Waals surface area contributed by atoms with Crippen LogP contribution in [0.3, 0.4) is 0 Å². The van der Waals surface area contributed by atoms with Crippen LogP contribution in [0, 0.1) is 5.92 Å². The van der Waals surface area contributed by atoms with Gasteiger partial charge in [-0.3, -0.25) is 4.79 Å². The van der Waals surface area contributed by atoms with E-state index in [2.05, 4.69) is 0 Å². The van der Waals surface area contributed by atoms with Crippen molar-refractivity contribution in [3.8, 4) is 0 Å². The zero-order valence-corrected chi connectivity index (χ0v) is 8.34. The highest BCUT2D eigenvalue weighted by atomic mass is 16.7. The number of amides is 1. The highest BCUT2D eigenvalue weighted by Crippen LogP contribution is 2.19. The van der Waals surface area contributed by atoms with Crippen molar-refractivity contribution in [3.05, 3.63) is 35.9 Å². The van der Waals surface area contributed by atoms with Gasteiger partial charge in [-0.25, -0.2) is 4.79 Å². The summed E-state index contributed by atoms with van der Waals surface area (Å²) in [5.74, 6) is -1.42. The third-order valence-corrected chi connectivity index (χ3v) is 2.40. The minimum Gasteiger partial charge on any atom is -0.337 e. The maximum atomic E-state index is 11.5. The zero-order valence-electron chi connectivity index (χ0n) is 8.34. The molecule has 1 atom stereocenters. The Hall–Kier alpha value is -1.84. The van der Waals surface area contributed by atoms with Crippen LogP contribution in [0.2, 0.25) is 0 Å². The smallest absolute Gasteiger partial charge is 0.337 e. The number of carbonyl (C=O) groups is 2. The van der Waals surface area contributed by atoms with Crippen molar-refractivity contribution in [1.82, 2.24) is 5.06 Å².